The molecule has 1 aliphatic carbocycles. The van der Waals surface area contributed by atoms with Crippen LogP contribution in [0, 0.1) is 11.3 Å². The van der Waals surface area contributed by atoms with Gasteiger partial charge in [-0.25, -0.2) is 9.78 Å². The number of imide groups is 1. The normalized spacial score (nSPS) is 19.0. The van der Waals surface area contributed by atoms with Crippen LogP contribution in [0.5, 0.6) is 11.5 Å². The van der Waals surface area contributed by atoms with Crippen LogP contribution in [0.4, 0.5) is 10.5 Å². The van der Waals surface area contributed by atoms with Crippen molar-refractivity contribution in [2.75, 3.05) is 44.7 Å². The lowest BCUT2D eigenvalue weighted by atomic mass is 9.92. The van der Waals surface area contributed by atoms with Crippen LogP contribution in [-0.4, -0.2) is 101 Å². The fourth-order valence-electron chi connectivity index (χ4n) is 8.25. The number of halogens is 1. The van der Waals surface area contributed by atoms with Gasteiger partial charge in [0.15, 0.2) is 0 Å². The van der Waals surface area contributed by atoms with Gasteiger partial charge in [0.1, 0.15) is 23.3 Å². The highest BCUT2D eigenvalue weighted by molar-refractivity contribution is 6.31. The molecule has 5 amide bonds. The van der Waals surface area contributed by atoms with Crippen LogP contribution in [-0.2, 0) is 4.79 Å². The van der Waals surface area contributed by atoms with Gasteiger partial charge in [0.05, 0.1) is 40.7 Å². The molecule has 7 rings (SSSR count). The van der Waals surface area contributed by atoms with Crippen LogP contribution in [0.2, 0.25) is 5.02 Å². The second-order valence-electron chi connectivity index (χ2n) is 15.9. The summed E-state index contributed by atoms with van der Waals surface area (Å²) in [5, 5.41) is 15.8. The first-order valence-corrected chi connectivity index (χ1v) is 20.9. The molecule has 2 saturated heterocycles. The van der Waals surface area contributed by atoms with Gasteiger partial charge in [0.2, 0.25) is 5.91 Å². The van der Waals surface area contributed by atoms with Crippen LogP contribution in [0.15, 0.2) is 60.9 Å². The molecule has 3 aliphatic rings. The van der Waals surface area contributed by atoms with E-state index in [4.69, 9.17) is 26.3 Å². The van der Waals surface area contributed by atoms with E-state index in [0.717, 1.165) is 75.5 Å². The topological polar surface area (TPSA) is 162 Å². The molecule has 2 aliphatic heterocycles. The maximum absolute atomic E-state index is 14.0. The molecular formula is C44H51ClN8O6. The van der Waals surface area contributed by atoms with Crippen LogP contribution < -0.4 is 25.0 Å². The highest BCUT2D eigenvalue weighted by atomic mass is 35.5. The van der Waals surface area contributed by atoms with Crippen molar-refractivity contribution in [3.05, 3.63) is 82.8 Å². The quantitative estimate of drug-likeness (QED) is 0.140. The highest BCUT2D eigenvalue weighted by Crippen LogP contribution is 2.34. The fourth-order valence-corrected chi connectivity index (χ4v) is 8.46. The predicted octanol–water partition coefficient (Wildman–Crippen LogP) is 6.71. The number of ether oxygens (including phenoxy) is 2. The van der Waals surface area contributed by atoms with Crippen molar-refractivity contribution in [2.24, 2.45) is 0 Å². The minimum absolute atomic E-state index is 0.0190. The van der Waals surface area contributed by atoms with Crippen molar-refractivity contribution in [1.29, 1.82) is 5.26 Å². The fraction of sp³-hybridized carbons (Fsp3) is 0.455. The standard InChI is InChI=1S/C44H51ClN8O6/c1-28(2)52-20-15-36-39(52)23-30(24-40(36)53-21-16-41(54)49-44(53)57)43(56)50(3)32-13-18-51(19-14-32)17-4-22-58-35-11-12-38(47-27-35)42(55)48-31-6-9-33(10-7-31)59-34-8-5-29(26-46)37(45)25-34/h5,8,11-12,15,20,23-25,27-28,31-33H,4,6-7,9-10,13-14,16-19,21-22H2,1-3H3,(H,48,55)(H,49,54,57)/t31-,33-. The molecule has 2 N–H and O–H groups in total. The van der Waals surface area contributed by atoms with Crippen molar-refractivity contribution >= 4 is 51.9 Å². The van der Waals surface area contributed by atoms with Gasteiger partial charge in [-0.15, -0.1) is 0 Å². The smallest absolute Gasteiger partial charge is 0.328 e. The summed E-state index contributed by atoms with van der Waals surface area (Å²) in [6.07, 6.45) is 9.43. The van der Waals surface area contributed by atoms with Gasteiger partial charge in [-0.1, -0.05) is 11.6 Å². The molecule has 1 saturated carbocycles. The van der Waals surface area contributed by atoms with E-state index < -0.39 is 6.03 Å². The molecule has 14 nitrogen and oxygen atoms in total. The van der Waals surface area contributed by atoms with Crippen LogP contribution in [0.3, 0.4) is 0 Å². The van der Waals surface area contributed by atoms with E-state index in [9.17, 15) is 19.2 Å². The molecular weight excluding hydrogens is 772 g/mol. The Labute approximate surface area is 349 Å². The van der Waals surface area contributed by atoms with Gasteiger partial charge in [-0.05, 0) is 101 Å². The zero-order valence-corrected chi connectivity index (χ0v) is 34.5. The number of fused-ring (bicyclic) bond motifs is 1. The molecule has 3 fully saturated rings. The summed E-state index contributed by atoms with van der Waals surface area (Å²) in [7, 11) is 1.86. The summed E-state index contributed by atoms with van der Waals surface area (Å²) in [6, 6.07) is 16.0. The molecule has 15 heteroatoms. The third kappa shape index (κ3) is 9.80. The van der Waals surface area contributed by atoms with E-state index in [-0.39, 0.29) is 54.9 Å². The van der Waals surface area contributed by atoms with E-state index in [1.54, 1.807) is 47.5 Å². The lowest BCUT2D eigenvalue weighted by Crippen LogP contribution is -2.49. The summed E-state index contributed by atoms with van der Waals surface area (Å²) in [5.41, 5.74) is 2.77. The Morgan fingerprint density at radius 3 is 2.46 bits per heavy atom. The Morgan fingerprint density at radius 2 is 1.78 bits per heavy atom. The second kappa shape index (κ2) is 18.5. The monoisotopic (exact) mass is 822 g/mol. The molecule has 0 atom stereocenters. The Bertz CT molecular complexity index is 2220. The number of hydrogen-bond acceptors (Lipinski definition) is 9. The first-order chi connectivity index (χ1) is 28.5. The van der Waals surface area contributed by atoms with Gasteiger partial charge in [0.25, 0.3) is 11.8 Å². The number of urea groups is 1. The van der Waals surface area contributed by atoms with E-state index >= 15 is 0 Å². The number of pyridine rings is 1. The number of carbonyl (C=O) groups excluding carboxylic acids is 4. The summed E-state index contributed by atoms with van der Waals surface area (Å²) in [5.74, 6) is 0.638. The number of piperidine rings is 1. The number of aromatic nitrogens is 2. The molecule has 4 aromatic rings. The number of amides is 5. The molecule has 59 heavy (non-hydrogen) atoms. The number of anilines is 1. The number of nitriles is 1. The minimum Gasteiger partial charge on any atom is -0.492 e. The number of hydrogen-bond donors (Lipinski definition) is 2. The average Bonchev–Trinajstić information content (AvgIpc) is 3.68. The zero-order valence-electron chi connectivity index (χ0n) is 33.8. The van der Waals surface area contributed by atoms with Gasteiger partial charge < -0.3 is 29.2 Å². The Balaban J connectivity index is 0.830. The highest BCUT2D eigenvalue weighted by Gasteiger charge is 2.30. The third-order valence-electron chi connectivity index (χ3n) is 11.6. The lowest BCUT2D eigenvalue weighted by molar-refractivity contribution is -0.120. The van der Waals surface area contributed by atoms with Gasteiger partial charge in [-0.3, -0.25) is 24.6 Å². The van der Waals surface area contributed by atoms with E-state index in [0.29, 0.717) is 45.6 Å². The lowest BCUT2D eigenvalue weighted by Gasteiger charge is -2.37. The Hall–Kier alpha value is -5.65. The first kappa shape index (κ1) is 41.5. The zero-order chi connectivity index (χ0) is 41.6. The van der Waals surface area contributed by atoms with E-state index in [1.165, 1.54) is 0 Å². The van der Waals surface area contributed by atoms with Gasteiger partial charge in [0, 0.05) is 81.0 Å². The van der Waals surface area contributed by atoms with Crippen molar-refractivity contribution in [3.63, 3.8) is 0 Å². The molecule has 0 unspecified atom stereocenters. The van der Waals surface area contributed by atoms with Gasteiger partial charge >= 0.3 is 6.03 Å². The number of carbonyl (C=O) groups is 4. The number of rotatable bonds is 13. The number of benzene rings is 2. The second-order valence-corrected chi connectivity index (χ2v) is 16.3. The SMILES string of the molecule is CC(C)n1ccc2c(N3CCC(=O)NC3=O)cc(C(=O)N(C)C3CCN(CCCOc4ccc(C(=O)N[C@H]5CC[C@H](Oc6ccc(C#N)c(Cl)c6)CC5)nc4)CC3)cc21. The van der Waals surface area contributed by atoms with Crippen molar-refractivity contribution < 1.29 is 28.7 Å². The van der Waals surface area contributed by atoms with Crippen LogP contribution >= 0.6 is 11.6 Å². The van der Waals surface area contributed by atoms with Crippen molar-refractivity contribution in [3.8, 4) is 17.6 Å². The summed E-state index contributed by atoms with van der Waals surface area (Å²) in [6.45, 7) is 7.50. The minimum atomic E-state index is -0.475. The largest absolute Gasteiger partial charge is 0.492 e. The van der Waals surface area contributed by atoms with Crippen molar-refractivity contribution in [2.45, 2.75) is 89.4 Å². The summed E-state index contributed by atoms with van der Waals surface area (Å²) < 4.78 is 14.1. The average molecular weight is 823 g/mol. The maximum Gasteiger partial charge on any atom is 0.328 e. The number of likely N-dealkylation sites (tertiary alicyclic amines) is 1. The molecule has 0 radical (unpaired) electrons. The van der Waals surface area contributed by atoms with Gasteiger partial charge in [-0.2, -0.15) is 5.26 Å². The van der Waals surface area contributed by atoms with E-state index in [2.05, 4.69) is 38.9 Å². The number of nitrogens with zero attached hydrogens (tertiary/aromatic N) is 6. The molecule has 0 spiro atoms. The Morgan fingerprint density at radius 1 is 1.02 bits per heavy atom. The van der Waals surface area contributed by atoms with E-state index in [1.807, 2.05) is 36.3 Å². The van der Waals surface area contributed by atoms with Crippen LogP contribution in [0.25, 0.3) is 10.9 Å². The number of nitrogens with one attached hydrogen (secondary N) is 2. The first-order valence-electron chi connectivity index (χ1n) is 20.5. The summed E-state index contributed by atoms with van der Waals surface area (Å²) in [4.78, 5) is 61.8. The molecule has 2 aromatic heterocycles. The molecule has 0 bridgehead atoms. The maximum atomic E-state index is 14.0. The molecule has 4 heterocycles. The Kier molecular flexibility index (Phi) is 13.0. The predicted molar refractivity (Wildman–Crippen MR) is 224 cm³/mol. The summed E-state index contributed by atoms with van der Waals surface area (Å²) >= 11 is 6.14. The third-order valence-corrected chi connectivity index (χ3v) is 11.9. The molecule has 310 valence electrons. The molecule has 2 aromatic carbocycles. The van der Waals surface area contributed by atoms with Crippen LogP contribution in [0.1, 0.15) is 97.7 Å². The van der Waals surface area contributed by atoms with Crippen molar-refractivity contribution in [1.82, 2.24) is 30.0 Å².